The molecule has 6 heterocycles. The minimum absolute atomic E-state index is 0.203. The molecule has 2 aliphatic carbocycles. The fourth-order valence-electron chi connectivity index (χ4n) is 19.2. The first kappa shape index (κ1) is 57.7. The van der Waals surface area contributed by atoms with Crippen LogP contribution in [-0.4, -0.2) is 4.40 Å². The van der Waals surface area contributed by atoms with Crippen molar-refractivity contribution in [1.82, 2.24) is 4.40 Å². The van der Waals surface area contributed by atoms with E-state index in [1.807, 2.05) is 11.3 Å². The van der Waals surface area contributed by atoms with E-state index in [2.05, 4.69) is 339 Å². The largest absolute Gasteiger partial charge is 0.455 e. The third-order valence-electron chi connectivity index (χ3n) is 24.0. The van der Waals surface area contributed by atoms with Gasteiger partial charge in [-0.15, -0.1) is 11.3 Å². The summed E-state index contributed by atoms with van der Waals surface area (Å²) in [6, 6.07) is 110. The van der Waals surface area contributed by atoms with E-state index < -0.39 is 0 Å². The molecule has 6 nitrogen and oxygen atoms in total. The monoisotopic (exact) mass is 1360 g/mol. The number of thiophene rings is 1. The van der Waals surface area contributed by atoms with Gasteiger partial charge in [0.2, 0.25) is 5.71 Å². The Bertz CT molecular complexity index is 7620. The highest BCUT2D eigenvalue weighted by molar-refractivity contribution is 7.26. The smallest absolute Gasteiger partial charge is 0.213 e. The van der Waals surface area contributed by atoms with Gasteiger partial charge in [0.05, 0.1) is 21.1 Å². The second-order valence-electron chi connectivity index (χ2n) is 30.2. The lowest BCUT2D eigenvalue weighted by molar-refractivity contribution is 0.652. The quantitative estimate of drug-likeness (QED) is 0.159. The number of hydrogen-bond donors (Lipinski definition) is 0. The summed E-state index contributed by atoms with van der Waals surface area (Å²) >= 11 is 1.87. The van der Waals surface area contributed by atoms with Crippen molar-refractivity contribution in [1.29, 1.82) is 0 Å². The average molecular weight is 1360 g/mol. The van der Waals surface area contributed by atoms with Gasteiger partial charge in [-0.1, -0.05) is 204 Å². The summed E-state index contributed by atoms with van der Waals surface area (Å²) in [7, 11) is 0. The standard InChI is InChI=1S/C98H61N3O3S/c1-97(2)82-42-32-60(48-76(82)70-36-26-55-18-8-12-22-66(55)89(70)97)99(62-34-44-84-78(50-62)72-38-28-57-20-10-14-24-68(57)93(72)102-84)64-30-40-74-86(52-64)104-96-88(74)80-46-59(54-16-6-5-7-17-54)47-81-91(80)101(96)92-75-41-31-65(53-87(75)105-95(81)92)100(63-35-45-85-79(51-63)73-39-29-58-21-11-15-25-69(58)94(73)103-85)61-33-43-83-77(49-61)71-37-27-56-19-9-13-23-67(56)90(71)98(83,3)4/h5-53H,1-4H3. The maximum atomic E-state index is 7.59. The summed E-state index contributed by atoms with van der Waals surface area (Å²) in [5, 5.41) is 19.7. The zero-order valence-corrected chi connectivity index (χ0v) is 58.6. The van der Waals surface area contributed by atoms with Crippen LogP contribution in [0.15, 0.2) is 311 Å². The Kier molecular flexibility index (Phi) is 11.2. The molecule has 0 atom stereocenters. The van der Waals surface area contributed by atoms with E-state index in [0.29, 0.717) is 0 Å². The van der Waals surface area contributed by atoms with E-state index in [-0.39, 0.29) is 10.8 Å². The summed E-state index contributed by atoms with van der Waals surface area (Å²) < 4.78 is 26.0. The third kappa shape index (κ3) is 7.76. The molecule has 0 radical (unpaired) electrons. The molecule has 0 saturated heterocycles. The number of anilines is 6. The van der Waals surface area contributed by atoms with Crippen molar-refractivity contribution in [3.05, 3.63) is 320 Å². The van der Waals surface area contributed by atoms with E-state index in [1.54, 1.807) is 0 Å². The number of furan rings is 3. The molecule has 24 rings (SSSR count). The fourth-order valence-corrected chi connectivity index (χ4v) is 20.5. The van der Waals surface area contributed by atoms with Crippen LogP contribution in [0.4, 0.5) is 34.1 Å². The van der Waals surface area contributed by atoms with E-state index in [9.17, 15) is 0 Å². The lowest BCUT2D eigenvalue weighted by Gasteiger charge is -2.27. The summed E-state index contributed by atoms with van der Waals surface area (Å²) in [6.07, 6.45) is 0. The van der Waals surface area contributed by atoms with Crippen LogP contribution in [0.5, 0.6) is 0 Å². The predicted octanol–water partition coefficient (Wildman–Crippen LogP) is 28.4. The van der Waals surface area contributed by atoms with Gasteiger partial charge in [0.15, 0.2) is 0 Å². The third-order valence-corrected chi connectivity index (χ3v) is 25.1. The number of fused-ring (bicyclic) bond motifs is 30. The zero-order chi connectivity index (χ0) is 69.0. The first-order valence-corrected chi connectivity index (χ1v) is 37.2. The van der Waals surface area contributed by atoms with Gasteiger partial charge in [-0.25, -0.2) is 0 Å². The molecule has 7 heteroatoms. The topological polar surface area (TPSA) is 50.3 Å². The van der Waals surface area contributed by atoms with Gasteiger partial charge in [-0.2, -0.15) is 0 Å². The number of nitrogens with zero attached hydrogens (tertiary/aromatic N) is 3. The molecule has 492 valence electrons. The van der Waals surface area contributed by atoms with Crippen LogP contribution in [-0.2, 0) is 10.8 Å². The van der Waals surface area contributed by atoms with Crippen molar-refractivity contribution < 1.29 is 13.3 Å². The SMILES string of the molecule is CC1(C)c2ccc(N(c3ccc4c(c3)oc3c4c4cc(-c5ccccc5)cc5c6sc7cc(N(c8ccc9c(c8)-c8ccc%10ccccc%10c8C9(C)C)c8ccc9oc%10c%11ccccc%11ccc%10c9c8)ccc7c6n3c54)c3ccc4oc5c6ccccc6ccc5c4c3)cc2-c2ccc3ccccc3c21. The van der Waals surface area contributed by atoms with Gasteiger partial charge >= 0.3 is 0 Å². The molecule has 0 aliphatic heterocycles. The van der Waals surface area contributed by atoms with Crippen molar-refractivity contribution in [2.75, 3.05) is 9.80 Å². The molecule has 0 fully saturated rings. The van der Waals surface area contributed by atoms with E-state index in [0.717, 1.165) is 127 Å². The summed E-state index contributed by atoms with van der Waals surface area (Å²) in [5.41, 5.74) is 26.2. The lowest BCUT2D eigenvalue weighted by Crippen LogP contribution is -2.16. The van der Waals surface area contributed by atoms with Gasteiger partial charge in [0.25, 0.3) is 0 Å². The zero-order valence-electron chi connectivity index (χ0n) is 57.8. The van der Waals surface area contributed by atoms with Crippen molar-refractivity contribution in [2.24, 2.45) is 0 Å². The maximum Gasteiger partial charge on any atom is 0.213 e. The first-order valence-electron chi connectivity index (χ1n) is 36.3. The van der Waals surface area contributed by atoms with Crippen LogP contribution in [0.3, 0.4) is 0 Å². The molecule has 0 bridgehead atoms. The van der Waals surface area contributed by atoms with Gasteiger partial charge in [0.1, 0.15) is 27.9 Å². The van der Waals surface area contributed by atoms with E-state index >= 15 is 0 Å². The van der Waals surface area contributed by atoms with Crippen LogP contribution < -0.4 is 9.80 Å². The minimum atomic E-state index is -0.212. The molecule has 2 aliphatic rings. The highest BCUT2D eigenvalue weighted by atomic mass is 32.1. The number of benzene rings is 16. The Hall–Kier alpha value is -12.9. The van der Waals surface area contributed by atoms with Crippen LogP contribution in [0.1, 0.15) is 49.9 Å². The second kappa shape index (κ2) is 20.4. The normalized spacial score (nSPS) is 13.9. The van der Waals surface area contributed by atoms with Crippen molar-refractivity contribution in [2.45, 2.75) is 38.5 Å². The van der Waals surface area contributed by atoms with Gasteiger partial charge in [-0.05, 0) is 203 Å². The van der Waals surface area contributed by atoms with Crippen molar-refractivity contribution in [3.8, 4) is 33.4 Å². The summed E-state index contributed by atoms with van der Waals surface area (Å²) in [4.78, 5) is 4.88. The molecule has 0 N–H and O–H groups in total. The average Bonchev–Trinajstić information content (AvgIpc) is 1.50. The van der Waals surface area contributed by atoms with E-state index in [1.165, 1.54) is 108 Å². The Labute approximate surface area is 606 Å². The molecule has 0 unspecified atom stereocenters. The number of hydrogen-bond acceptors (Lipinski definition) is 6. The highest BCUT2D eigenvalue weighted by Crippen LogP contribution is 2.57. The van der Waals surface area contributed by atoms with Crippen LogP contribution in [0.2, 0.25) is 0 Å². The van der Waals surface area contributed by atoms with Crippen LogP contribution in [0, 0.1) is 0 Å². The molecule has 22 aromatic rings. The van der Waals surface area contributed by atoms with Crippen molar-refractivity contribution >= 4 is 191 Å². The van der Waals surface area contributed by atoms with Gasteiger partial charge < -0.3 is 23.1 Å². The second-order valence-corrected chi connectivity index (χ2v) is 31.3. The Balaban J connectivity index is 0.712. The van der Waals surface area contributed by atoms with Gasteiger partial charge in [0, 0.05) is 110 Å². The molecule has 105 heavy (non-hydrogen) atoms. The van der Waals surface area contributed by atoms with E-state index in [4.69, 9.17) is 13.3 Å². The molecule has 6 aromatic heterocycles. The fraction of sp³-hybridized carbons (Fsp3) is 0.0612. The molecule has 0 spiro atoms. The van der Waals surface area contributed by atoms with Gasteiger partial charge in [-0.3, -0.25) is 4.40 Å². The Morgan fingerprint density at radius 3 is 1.31 bits per heavy atom. The van der Waals surface area contributed by atoms with Crippen LogP contribution >= 0.6 is 11.3 Å². The Morgan fingerprint density at radius 2 is 0.743 bits per heavy atom. The van der Waals surface area contributed by atoms with Crippen molar-refractivity contribution in [3.63, 3.8) is 0 Å². The molecule has 0 amide bonds. The molecular weight excluding hydrogens is 1300 g/mol. The molecular formula is C98H61N3O3S. The number of aromatic nitrogens is 1. The number of rotatable bonds is 7. The molecule has 0 saturated carbocycles. The predicted molar refractivity (Wildman–Crippen MR) is 441 cm³/mol. The lowest BCUT2D eigenvalue weighted by atomic mass is 9.80. The highest BCUT2D eigenvalue weighted by Gasteiger charge is 2.40. The first-order chi connectivity index (χ1) is 51.5. The summed E-state index contributed by atoms with van der Waals surface area (Å²) in [5.74, 6) is 0. The van der Waals surface area contributed by atoms with Crippen LogP contribution in [0.25, 0.3) is 179 Å². The summed E-state index contributed by atoms with van der Waals surface area (Å²) in [6.45, 7) is 9.54. The Morgan fingerprint density at radius 1 is 0.295 bits per heavy atom. The molecule has 16 aromatic carbocycles. The minimum Gasteiger partial charge on any atom is -0.455 e. The maximum absolute atomic E-state index is 7.59.